The second-order valence-corrected chi connectivity index (χ2v) is 6.47. The summed E-state index contributed by atoms with van der Waals surface area (Å²) in [5.41, 5.74) is 1.50. The first-order valence-electron chi connectivity index (χ1n) is 7.16. The van der Waals surface area contributed by atoms with Crippen molar-refractivity contribution in [3.05, 3.63) is 35.1 Å². The maximum absolute atomic E-state index is 13.2. The summed E-state index contributed by atoms with van der Waals surface area (Å²) in [6.07, 6.45) is 0. The van der Waals surface area contributed by atoms with E-state index in [9.17, 15) is 4.39 Å². The molecule has 106 valence electrons. The minimum absolute atomic E-state index is 0.120. The fourth-order valence-electron chi connectivity index (χ4n) is 3.77. The lowest BCUT2D eigenvalue weighted by Gasteiger charge is -2.35. The van der Waals surface area contributed by atoms with Crippen LogP contribution in [-0.2, 0) is 6.54 Å². The Morgan fingerprint density at radius 3 is 2.95 bits per heavy atom. The summed E-state index contributed by atoms with van der Waals surface area (Å²) in [7, 11) is 0. The Kier molecular flexibility index (Phi) is 3.27. The number of likely N-dealkylation sites (tertiary alicyclic amines) is 1. The van der Waals surface area contributed by atoms with Crippen molar-refractivity contribution in [1.29, 1.82) is 5.26 Å². The number of hydrogen-bond donors (Lipinski definition) is 1. The zero-order valence-corrected chi connectivity index (χ0v) is 12.0. The molecule has 1 aromatic carbocycles. The van der Waals surface area contributed by atoms with Gasteiger partial charge in [-0.15, -0.1) is 0 Å². The van der Waals surface area contributed by atoms with Crippen molar-refractivity contribution < 1.29 is 4.39 Å². The average Bonchev–Trinajstić information content (AvgIpc) is 2.95. The van der Waals surface area contributed by atoms with E-state index in [1.54, 1.807) is 6.07 Å². The van der Waals surface area contributed by atoms with Crippen molar-refractivity contribution in [2.75, 3.05) is 19.6 Å². The van der Waals surface area contributed by atoms with Crippen LogP contribution < -0.4 is 5.32 Å². The molecular formula is C16H20FN3. The number of benzene rings is 1. The van der Waals surface area contributed by atoms with Gasteiger partial charge in [0.15, 0.2) is 0 Å². The van der Waals surface area contributed by atoms with E-state index in [4.69, 9.17) is 5.26 Å². The molecule has 0 amide bonds. The van der Waals surface area contributed by atoms with E-state index in [1.807, 2.05) is 0 Å². The molecule has 2 aliphatic heterocycles. The highest BCUT2D eigenvalue weighted by atomic mass is 19.1. The fourth-order valence-corrected chi connectivity index (χ4v) is 3.77. The second-order valence-electron chi connectivity index (χ2n) is 6.47. The highest BCUT2D eigenvalue weighted by Crippen LogP contribution is 2.41. The predicted molar refractivity (Wildman–Crippen MR) is 75.5 cm³/mol. The summed E-state index contributed by atoms with van der Waals surface area (Å²) in [6.45, 7) is 8.48. The molecule has 1 aromatic rings. The van der Waals surface area contributed by atoms with E-state index in [0.29, 0.717) is 17.4 Å². The van der Waals surface area contributed by atoms with Gasteiger partial charge < -0.3 is 5.32 Å². The molecule has 4 heteroatoms. The molecule has 0 aromatic heterocycles. The zero-order valence-electron chi connectivity index (χ0n) is 12.0. The lowest BCUT2D eigenvalue weighted by Crippen LogP contribution is -2.44. The fraction of sp³-hybridized carbons (Fsp3) is 0.562. The van der Waals surface area contributed by atoms with Crippen molar-refractivity contribution in [1.82, 2.24) is 10.2 Å². The number of nitrogens with zero attached hydrogens (tertiary/aromatic N) is 2. The van der Waals surface area contributed by atoms with E-state index in [0.717, 1.165) is 31.7 Å². The molecular weight excluding hydrogens is 253 g/mol. The summed E-state index contributed by atoms with van der Waals surface area (Å²) < 4.78 is 13.2. The predicted octanol–water partition coefficient (Wildman–Crippen LogP) is 2.13. The third kappa shape index (κ3) is 2.11. The summed E-state index contributed by atoms with van der Waals surface area (Å²) in [4.78, 5) is 2.44. The number of nitrogens with one attached hydrogen (secondary N) is 1. The van der Waals surface area contributed by atoms with Gasteiger partial charge in [-0.25, -0.2) is 4.39 Å². The van der Waals surface area contributed by atoms with E-state index >= 15 is 0 Å². The van der Waals surface area contributed by atoms with Crippen LogP contribution in [0.4, 0.5) is 4.39 Å². The van der Waals surface area contributed by atoms with Gasteiger partial charge in [-0.1, -0.05) is 6.07 Å². The van der Waals surface area contributed by atoms with Crippen molar-refractivity contribution >= 4 is 0 Å². The normalized spacial score (nSPS) is 28.3. The molecule has 0 saturated carbocycles. The van der Waals surface area contributed by atoms with Crippen LogP contribution in [0.3, 0.4) is 0 Å². The molecule has 2 saturated heterocycles. The molecule has 3 rings (SSSR count). The molecule has 0 radical (unpaired) electrons. The molecule has 0 aliphatic carbocycles. The van der Waals surface area contributed by atoms with Gasteiger partial charge in [0, 0.05) is 25.2 Å². The number of halogens is 1. The number of hydrogen-bond acceptors (Lipinski definition) is 3. The van der Waals surface area contributed by atoms with Gasteiger partial charge in [-0.2, -0.15) is 5.26 Å². The third-order valence-corrected chi connectivity index (χ3v) is 5.07. The van der Waals surface area contributed by atoms with Gasteiger partial charge in [0.1, 0.15) is 5.82 Å². The Morgan fingerprint density at radius 1 is 1.45 bits per heavy atom. The molecule has 2 unspecified atom stereocenters. The van der Waals surface area contributed by atoms with Crippen LogP contribution in [-0.4, -0.2) is 30.1 Å². The lowest BCUT2D eigenvalue weighted by atomic mass is 9.84. The third-order valence-electron chi connectivity index (χ3n) is 5.07. The Labute approximate surface area is 119 Å². The highest BCUT2D eigenvalue weighted by Gasteiger charge is 2.49. The molecule has 20 heavy (non-hydrogen) atoms. The van der Waals surface area contributed by atoms with Gasteiger partial charge in [-0.3, -0.25) is 4.90 Å². The van der Waals surface area contributed by atoms with Crippen molar-refractivity contribution in [3.63, 3.8) is 0 Å². The van der Waals surface area contributed by atoms with Crippen molar-refractivity contribution in [2.45, 2.75) is 25.9 Å². The largest absolute Gasteiger partial charge is 0.316 e. The van der Waals surface area contributed by atoms with Gasteiger partial charge in [0.05, 0.1) is 11.6 Å². The van der Waals surface area contributed by atoms with Crippen molar-refractivity contribution in [2.24, 2.45) is 11.8 Å². The Hall–Kier alpha value is -1.44. The Bertz CT molecular complexity index is 561. The Morgan fingerprint density at radius 2 is 2.25 bits per heavy atom. The van der Waals surface area contributed by atoms with Crippen LogP contribution in [0.15, 0.2) is 18.2 Å². The van der Waals surface area contributed by atoms with Crippen LogP contribution in [0.5, 0.6) is 0 Å². The summed E-state index contributed by atoms with van der Waals surface area (Å²) >= 11 is 0. The maximum Gasteiger partial charge on any atom is 0.124 e. The van der Waals surface area contributed by atoms with E-state index in [-0.39, 0.29) is 11.4 Å². The minimum atomic E-state index is -0.341. The second kappa shape index (κ2) is 4.83. The first-order valence-corrected chi connectivity index (χ1v) is 7.16. The quantitative estimate of drug-likeness (QED) is 0.897. The van der Waals surface area contributed by atoms with Crippen LogP contribution in [0.2, 0.25) is 0 Å². The molecule has 0 spiro atoms. The SMILES string of the molecule is CC1(C)C2CNCC2CN1Cc1ccc(F)cc1C#N. The topological polar surface area (TPSA) is 39.1 Å². The van der Waals surface area contributed by atoms with Crippen LogP contribution in [0.1, 0.15) is 25.0 Å². The Balaban J connectivity index is 1.84. The summed E-state index contributed by atoms with van der Waals surface area (Å²) in [5.74, 6) is 1.01. The molecule has 1 N–H and O–H groups in total. The first kappa shape index (κ1) is 13.5. The summed E-state index contributed by atoms with van der Waals surface area (Å²) in [5, 5.41) is 12.6. The average molecular weight is 273 g/mol. The summed E-state index contributed by atoms with van der Waals surface area (Å²) in [6, 6.07) is 6.64. The highest BCUT2D eigenvalue weighted by molar-refractivity contribution is 5.38. The monoisotopic (exact) mass is 273 g/mol. The molecule has 2 atom stereocenters. The zero-order chi connectivity index (χ0) is 14.3. The van der Waals surface area contributed by atoms with Crippen LogP contribution >= 0.6 is 0 Å². The van der Waals surface area contributed by atoms with Crippen LogP contribution in [0.25, 0.3) is 0 Å². The number of rotatable bonds is 2. The van der Waals surface area contributed by atoms with Crippen LogP contribution in [0, 0.1) is 29.0 Å². The molecule has 0 bridgehead atoms. The molecule has 2 heterocycles. The van der Waals surface area contributed by atoms with Gasteiger partial charge in [-0.05, 0) is 49.9 Å². The van der Waals surface area contributed by atoms with E-state index < -0.39 is 0 Å². The maximum atomic E-state index is 13.2. The van der Waals surface area contributed by atoms with Gasteiger partial charge >= 0.3 is 0 Å². The van der Waals surface area contributed by atoms with E-state index in [1.165, 1.54) is 12.1 Å². The number of nitriles is 1. The minimum Gasteiger partial charge on any atom is -0.316 e. The molecule has 3 nitrogen and oxygen atoms in total. The molecule has 2 aliphatic rings. The van der Waals surface area contributed by atoms with Gasteiger partial charge in [0.25, 0.3) is 0 Å². The molecule has 2 fully saturated rings. The van der Waals surface area contributed by atoms with Gasteiger partial charge in [0.2, 0.25) is 0 Å². The first-order chi connectivity index (χ1) is 9.52. The standard InChI is InChI=1S/C16H20FN3/c1-16(2)15-8-19-7-13(15)10-20(16)9-11-3-4-14(17)5-12(11)6-18/h3-5,13,15,19H,7-10H2,1-2H3. The van der Waals surface area contributed by atoms with Crippen molar-refractivity contribution in [3.8, 4) is 6.07 Å². The number of fused-ring (bicyclic) bond motifs is 1. The lowest BCUT2D eigenvalue weighted by molar-refractivity contribution is 0.132. The smallest absolute Gasteiger partial charge is 0.124 e. The van der Waals surface area contributed by atoms with E-state index in [2.05, 4.69) is 30.1 Å².